The van der Waals surface area contributed by atoms with E-state index in [4.69, 9.17) is 4.74 Å². The fourth-order valence-electron chi connectivity index (χ4n) is 3.21. The Bertz CT molecular complexity index is 265. The Balaban J connectivity index is 1.76. The van der Waals surface area contributed by atoms with Gasteiger partial charge in [-0.05, 0) is 40.0 Å². The smallest absolute Gasteiger partial charge is 0.0717 e. The number of rotatable bonds is 4. The number of hydrogen-bond acceptors (Lipinski definition) is 4. The van der Waals surface area contributed by atoms with E-state index in [1.54, 1.807) is 0 Å². The SMILES string of the molecule is CC(C)N1CCOC(CC(C)N2CCC(O)CC2)C1. The van der Waals surface area contributed by atoms with Crippen molar-refractivity contribution in [3.8, 4) is 0 Å². The van der Waals surface area contributed by atoms with E-state index >= 15 is 0 Å². The van der Waals surface area contributed by atoms with E-state index in [1.165, 1.54) is 0 Å². The first kappa shape index (κ1) is 15.2. The molecule has 0 bridgehead atoms. The predicted molar refractivity (Wildman–Crippen MR) is 77.3 cm³/mol. The van der Waals surface area contributed by atoms with Gasteiger partial charge in [-0.1, -0.05) is 0 Å². The maximum Gasteiger partial charge on any atom is 0.0717 e. The molecule has 2 unspecified atom stereocenters. The first-order valence-electron chi connectivity index (χ1n) is 7.84. The summed E-state index contributed by atoms with van der Waals surface area (Å²) in [5.74, 6) is 0. The highest BCUT2D eigenvalue weighted by Gasteiger charge is 2.27. The van der Waals surface area contributed by atoms with Gasteiger partial charge in [-0.3, -0.25) is 4.90 Å². The summed E-state index contributed by atoms with van der Waals surface area (Å²) in [6.07, 6.45) is 3.25. The van der Waals surface area contributed by atoms with Gasteiger partial charge in [0.25, 0.3) is 0 Å². The Morgan fingerprint density at radius 3 is 2.42 bits per heavy atom. The lowest BCUT2D eigenvalue weighted by Gasteiger charge is -2.39. The normalized spacial score (nSPS) is 29.8. The average Bonchev–Trinajstić information content (AvgIpc) is 2.39. The first-order chi connectivity index (χ1) is 9.06. The molecule has 4 nitrogen and oxygen atoms in total. The first-order valence-corrected chi connectivity index (χ1v) is 7.84. The molecule has 0 amide bonds. The van der Waals surface area contributed by atoms with Crippen LogP contribution in [0.3, 0.4) is 0 Å². The van der Waals surface area contributed by atoms with Crippen LogP contribution in [0.4, 0.5) is 0 Å². The lowest BCUT2D eigenvalue weighted by Crippen LogP contribution is -2.49. The summed E-state index contributed by atoms with van der Waals surface area (Å²) in [5, 5.41) is 9.57. The topological polar surface area (TPSA) is 35.9 Å². The van der Waals surface area contributed by atoms with Gasteiger partial charge >= 0.3 is 0 Å². The summed E-state index contributed by atoms with van der Waals surface area (Å²) < 4.78 is 5.92. The third-order valence-corrected chi connectivity index (χ3v) is 4.63. The molecule has 2 rings (SSSR count). The van der Waals surface area contributed by atoms with Crippen LogP contribution in [0.2, 0.25) is 0 Å². The molecule has 2 aliphatic rings. The van der Waals surface area contributed by atoms with E-state index in [0.717, 1.165) is 52.0 Å². The van der Waals surface area contributed by atoms with Crippen molar-refractivity contribution in [3.63, 3.8) is 0 Å². The zero-order valence-electron chi connectivity index (χ0n) is 12.7. The van der Waals surface area contributed by atoms with Crippen LogP contribution in [0.15, 0.2) is 0 Å². The molecule has 4 heteroatoms. The van der Waals surface area contributed by atoms with Crippen LogP contribution in [0.5, 0.6) is 0 Å². The summed E-state index contributed by atoms with van der Waals surface area (Å²) in [4.78, 5) is 5.02. The van der Waals surface area contributed by atoms with Crippen molar-refractivity contribution >= 4 is 0 Å². The maximum atomic E-state index is 9.57. The van der Waals surface area contributed by atoms with E-state index in [9.17, 15) is 5.11 Å². The molecule has 0 aromatic heterocycles. The molecule has 2 fully saturated rings. The Hall–Kier alpha value is -0.160. The summed E-state index contributed by atoms with van der Waals surface area (Å²) in [6, 6.07) is 1.18. The fourth-order valence-corrected chi connectivity index (χ4v) is 3.21. The molecular formula is C15H30N2O2. The number of aliphatic hydroxyl groups is 1. The van der Waals surface area contributed by atoms with Crippen molar-refractivity contribution in [2.45, 2.75) is 64.3 Å². The predicted octanol–water partition coefficient (Wildman–Crippen LogP) is 1.33. The Labute approximate surface area is 117 Å². The number of aliphatic hydroxyl groups excluding tert-OH is 1. The van der Waals surface area contributed by atoms with Gasteiger partial charge in [0.05, 0.1) is 18.8 Å². The minimum Gasteiger partial charge on any atom is -0.393 e. The molecule has 0 aromatic rings. The Kier molecular flexibility index (Phi) is 5.63. The van der Waals surface area contributed by atoms with Crippen molar-refractivity contribution in [2.75, 3.05) is 32.8 Å². The third kappa shape index (κ3) is 4.42. The van der Waals surface area contributed by atoms with Crippen molar-refractivity contribution in [2.24, 2.45) is 0 Å². The van der Waals surface area contributed by atoms with Gasteiger partial charge in [0.15, 0.2) is 0 Å². The van der Waals surface area contributed by atoms with E-state index < -0.39 is 0 Å². The van der Waals surface area contributed by atoms with Crippen LogP contribution >= 0.6 is 0 Å². The van der Waals surface area contributed by atoms with Gasteiger partial charge in [0.1, 0.15) is 0 Å². The van der Waals surface area contributed by atoms with Gasteiger partial charge < -0.3 is 14.7 Å². The molecule has 2 heterocycles. The van der Waals surface area contributed by atoms with Gasteiger partial charge in [0.2, 0.25) is 0 Å². The van der Waals surface area contributed by atoms with Gasteiger partial charge in [0, 0.05) is 38.3 Å². The third-order valence-electron chi connectivity index (χ3n) is 4.63. The quantitative estimate of drug-likeness (QED) is 0.836. The number of nitrogens with zero attached hydrogens (tertiary/aromatic N) is 2. The molecule has 0 radical (unpaired) electrons. The second kappa shape index (κ2) is 7.02. The highest BCUT2D eigenvalue weighted by Crippen LogP contribution is 2.19. The van der Waals surface area contributed by atoms with E-state index in [0.29, 0.717) is 18.2 Å². The molecule has 0 aliphatic carbocycles. The summed E-state index contributed by atoms with van der Waals surface area (Å²) in [6.45, 7) is 11.9. The summed E-state index contributed by atoms with van der Waals surface area (Å²) in [7, 11) is 0. The van der Waals surface area contributed by atoms with Crippen molar-refractivity contribution in [3.05, 3.63) is 0 Å². The summed E-state index contributed by atoms with van der Waals surface area (Å²) >= 11 is 0. The summed E-state index contributed by atoms with van der Waals surface area (Å²) in [5.41, 5.74) is 0. The average molecular weight is 270 g/mol. The highest BCUT2D eigenvalue weighted by atomic mass is 16.5. The standard InChI is InChI=1S/C15H30N2O2/c1-12(2)17-8-9-19-15(11-17)10-13(3)16-6-4-14(18)5-7-16/h12-15,18H,4-11H2,1-3H3. The Morgan fingerprint density at radius 1 is 1.11 bits per heavy atom. The molecule has 0 aromatic carbocycles. The minimum absolute atomic E-state index is 0.0780. The number of morpholine rings is 1. The van der Waals surface area contributed by atoms with E-state index in [-0.39, 0.29) is 6.10 Å². The number of likely N-dealkylation sites (tertiary alicyclic amines) is 1. The molecule has 2 atom stereocenters. The molecule has 112 valence electrons. The highest BCUT2D eigenvalue weighted by molar-refractivity contribution is 4.81. The molecule has 19 heavy (non-hydrogen) atoms. The molecule has 2 saturated heterocycles. The van der Waals surface area contributed by atoms with Crippen molar-refractivity contribution in [1.29, 1.82) is 0 Å². The maximum absolute atomic E-state index is 9.57. The number of hydrogen-bond donors (Lipinski definition) is 1. The lowest BCUT2D eigenvalue weighted by molar-refractivity contribution is -0.0543. The van der Waals surface area contributed by atoms with Crippen molar-refractivity contribution in [1.82, 2.24) is 9.80 Å². The lowest BCUT2D eigenvalue weighted by atomic mass is 10.0. The van der Waals surface area contributed by atoms with Crippen LogP contribution in [0.1, 0.15) is 40.0 Å². The van der Waals surface area contributed by atoms with Crippen LogP contribution in [-0.4, -0.2) is 72.0 Å². The van der Waals surface area contributed by atoms with Gasteiger partial charge in [-0.25, -0.2) is 0 Å². The monoisotopic (exact) mass is 270 g/mol. The molecule has 0 spiro atoms. The molecular weight excluding hydrogens is 240 g/mol. The largest absolute Gasteiger partial charge is 0.393 e. The fraction of sp³-hybridized carbons (Fsp3) is 1.00. The van der Waals surface area contributed by atoms with Gasteiger partial charge in [-0.2, -0.15) is 0 Å². The van der Waals surface area contributed by atoms with Crippen LogP contribution in [-0.2, 0) is 4.74 Å². The van der Waals surface area contributed by atoms with Crippen LogP contribution < -0.4 is 0 Å². The molecule has 1 N–H and O–H groups in total. The second-order valence-corrected chi connectivity index (χ2v) is 6.43. The van der Waals surface area contributed by atoms with E-state index in [2.05, 4.69) is 30.6 Å². The molecule has 2 aliphatic heterocycles. The zero-order chi connectivity index (χ0) is 13.8. The molecule has 0 saturated carbocycles. The number of piperidine rings is 1. The minimum atomic E-state index is -0.0780. The van der Waals surface area contributed by atoms with Crippen LogP contribution in [0.25, 0.3) is 0 Å². The van der Waals surface area contributed by atoms with Gasteiger partial charge in [-0.15, -0.1) is 0 Å². The van der Waals surface area contributed by atoms with Crippen LogP contribution in [0, 0.1) is 0 Å². The number of ether oxygens (including phenoxy) is 1. The van der Waals surface area contributed by atoms with E-state index in [1.807, 2.05) is 0 Å². The Morgan fingerprint density at radius 2 is 1.79 bits per heavy atom. The second-order valence-electron chi connectivity index (χ2n) is 6.43. The zero-order valence-corrected chi connectivity index (χ0v) is 12.7. The van der Waals surface area contributed by atoms with Crippen molar-refractivity contribution < 1.29 is 9.84 Å².